The van der Waals surface area contributed by atoms with Gasteiger partial charge in [0.25, 0.3) is 0 Å². The number of ether oxygens (including phenoxy) is 1. The van der Waals surface area contributed by atoms with E-state index in [0.717, 1.165) is 31.2 Å². The Morgan fingerprint density at radius 1 is 1.11 bits per heavy atom. The Hall–Kier alpha value is -1.69. The minimum absolute atomic E-state index is 0.305. The van der Waals surface area contributed by atoms with E-state index in [1.54, 1.807) is 20.8 Å². The fraction of sp³-hybridized carbons (Fsp3) is 0.704. The van der Waals surface area contributed by atoms with Crippen molar-refractivity contribution >= 4 is 23.6 Å². The number of hydrogen-bond acceptors (Lipinski definition) is 9. The van der Waals surface area contributed by atoms with Gasteiger partial charge in [-0.15, -0.1) is 17.2 Å². The molecule has 37 heavy (non-hydrogen) atoms. The number of benzene rings is 1. The van der Waals surface area contributed by atoms with Gasteiger partial charge in [0.15, 0.2) is 0 Å². The highest BCUT2D eigenvalue weighted by Gasteiger charge is 2.46. The summed E-state index contributed by atoms with van der Waals surface area (Å²) in [5.74, 6) is -0.979. The smallest absolute Gasteiger partial charge is 0.330 e. The van der Waals surface area contributed by atoms with Crippen LogP contribution in [-0.4, -0.2) is 74.9 Å². The van der Waals surface area contributed by atoms with Gasteiger partial charge in [-0.05, 0) is 52.0 Å². The summed E-state index contributed by atoms with van der Waals surface area (Å²) in [7, 11) is 0. The first-order valence-electron chi connectivity index (χ1n) is 13.2. The number of carbonyl (C=O) groups excluding carboxylic acids is 2. The van der Waals surface area contributed by atoms with E-state index in [0.29, 0.717) is 18.1 Å². The van der Waals surface area contributed by atoms with Crippen LogP contribution in [-0.2, 0) is 25.6 Å². The third-order valence-corrected chi connectivity index (χ3v) is 8.38. The summed E-state index contributed by atoms with van der Waals surface area (Å²) in [6.45, 7) is 4.72. The second-order valence-electron chi connectivity index (χ2n) is 11.0. The molecule has 1 aromatic carbocycles. The maximum atomic E-state index is 13.5. The first-order valence-corrected chi connectivity index (χ1v) is 14.1. The van der Waals surface area contributed by atoms with Crippen molar-refractivity contribution in [2.75, 3.05) is 6.61 Å². The summed E-state index contributed by atoms with van der Waals surface area (Å²) < 4.78 is 5.97. The van der Waals surface area contributed by atoms with Crippen LogP contribution in [0.3, 0.4) is 0 Å². The Morgan fingerprint density at radius 3 is 2.41 bits per heavy atom. The molecule has 2 fully saturated rings. The number of rotatable bonds is 10. The first-order chi connectivity index (χ1) is 17.6. The Labute approximate surface area is 223 Å². The van der Waals surface area contributed by atoms with Gasteiger partial charge in [-0.2, -0.15) is 0 Å². The van der Waals surface area contributed by atoms with Crippen LogP contribution < -0.4 is 10.8 Å². The number of hydrogen-bond donors (Lipinski definition) is 5. The van der Waals surface area contributed by atoms with E-state index >= 15 is 0 Å². The average molecular weight is 539 g/mol. The highest BCUT2D eigenvalue weighted by molar-refractivity contribution is 8.00. The van der Waals surface area contributed by atoms with Crippen LogP contribution in [0.5, 0.6) is 0 Å². The second-order valence-corrected chi connectivity index (χ2v) is 12.4. The van der Waals surface area contributed by atoms with Crippen LogP contribution in [0.15, 0.2) is 30.3 Å². The van der Waals surface area contributed by atoms with Crippen molar-refractivity contribution < 1.29 is 34.5 Å². The topological polar surface area (TPSA) is 137 Å². The largest absolute Gasteiger partial charge is 0.394 e. The molecule has 0 unspecified atom stereocenters. The van der Waals surface area contributed by atoms with Gasteiger partial charge in [-0.3, -0.25) is 4.79 Å². The molecule has 1 saturated heterocycles. The van der Waals surface area contributed by atoms with Crippen molar-refractivity contribution in [2.24, 2.45) is 5.41 Å². The lowest BCUT2D eigenvalue weighted by atomic mass is 9.97. The van der Waals surface area contributed by atoms with Gasteiger partial charge in [0.1, 0.15) is 29.8 Å². The van der Waals surface area contributed by atoms with Gasteiger partial charge in [0, 0.05) is 5.25 Å². The Morgan fingerprint density at radius 2 is 1.78 bits per heavy atom. The molecule has 0 radical (unpaired) electrons. The lowest BCUT2D eigenvalue weighted by Crippen LogP contribution is -2.65. The second kappa shape index (κ2) is 13.9. The highest BCUT2D eigenvalue weighted by atomic mass is 32.2. The predicted octanol–water partition coefficient (Wildman–Crippen LogP) is 2.07. The van der Waals surface area contributed by atoms with E-state index in [1.165, 1.54) is 18.2 Å². The van der Waals surface area contributed by atoms with Crippen LogP contribution in [0.2, 0.25) is 0 Å². The van der Waals surface area contributed by atoms with Crippen molar-refractivity contribution in [1.82, 2.24) is 10.8 Å². The molecule has 0 bridgehead atoms. The number of carbonyl (C=O) groups is 2. The molecule has 6 atom stereocenters. The molecule has 1 aromatic rings. The molecular weight excluding hydrogens is 496 g/mol. The van der Waals surface area contributed by atoms with E-state index in [1.807, 2.05) is 30.3 Å². The number of thioether (sulfide) groups is 1. The van der Waals surface area contributed by atoms with Crippen LogP contribution in [0.4, 0.5) is 0 Å². The van der Waals surface area contributed by atoms with E-state index < -0.39 is 59.7 Å². The number of hydroxylamine groups is 1. The van der Waals surface area contributed by atoms with Gasteiger partial charge < -0.3 is 30.2 Å². The fourth-order valence-corrected chi connectivity index (χ4v) is 6.07. The van der Waals surface area contributed by atoms with Gasteiger partial charge in [-0.25, -0.2) is 4.79 Å². The summed E-state index contributed by atoms with van der Waals surface area (Å²) in [6.07, 6.45) is 2.69. The highest BCUT2D eigenvalue weighted by Crippen LogP contribution is 2.36. The van der Waals surface area contributed by atoms with Gasteiger partial charge >= 0.3 is 5.97 Å². The van der Waals surface area contributed by atoms with Crippen molar-refractivity contribution in [3.05, 3.63) is 35.9 Å². The number of amides is 1. The molecule has 1 amide bonds. The molecule has 208 valence electrons. The lowest BCUT2D eigenvalue weighted by Gasteiger charge is -2.44. The number of aliphatic hydroxyl groups is 3. The summed E-state index contributed by atoms with van der Waals surface area (Å²) in [5.41, 5.74) is 2.26. The van der Waals surface area contributed by atoms with Crippen molar-refractivity contribution in [3.8, 4) is 0 Å². The quantitative estimate of drug-likeness (QED) is 0.284. The maximum absolute atomic E-state index is 13.5. The summed E-state index contributed by atoms with van der Waals surface area (Å²) in [6, 6.07) is 7.85. The molecule has 9 nitrogen and oxygen atoms in total. The molecule has 1 aliphatic heterocycles. The summed E-state index contributed by atoms with van der Waals surface area (Å²) >= 11 is 1.54. The van der Waals surface area contributed by atoms with E-state index in [9.17, 15) is 24.9 Å². The minimum Gasteiger partial charge on any atom is -0.394 e. The maximum Gasteiger partial charge on any atom is 0.330 e. The average Bonchev–Trinajstić information content (AvgIpc) is 2.88. The molecule has 1 heterocycles. The third-order valence-electron chi connectivity index (χ3n) is 6.86. The summed E-state index contributed by atoms with van der Waals surface area (Å²) in [5, 5.41) is 34.3. The van der Waals surface area contributed by atoms with Crippen LogP contribution >= 0.6 is 11.8 Å². The van der Waals surface area contributed by atoms with E-state index in [-0.39, 0.29) is 0 Å². The Bertz CT molecular complexity index is 860. The van der Waals surface area contributed by atoms with Crippen molar-refractivity contribution in [3.63, 3.8) is 0 Å². The molecule has 3 rings (SSSR count). The molecule has 1 saturated carbocycles. The molecular formula is C27H42N2O7S. The number of aliphatic hydroxyl groups excluding tert-OH is 3. The molecule has 2 aliphatic rings. The first kappa shape index (κ1) is 29.9. The van der Waals surface area contributed by atoms with Crippen molar-refractivity contribution in [2.45, 2.75) is 107 Å². The fourth-order valence-electron chi connectivity index (χ4n) is 4.48. The standard InChI is InChI=1S/C27H42N2O7S/c1-27(2,3)26(34)36-29-19(15-14-17-10-6-4-7-11-17)24(33)28-21-23(32)22(31)20(16-30)35-25(21)37-18-12-8-5-9-13-18/h4,6-7,10-11,18-23,25,29-32H,5,8-9,12-16H2,1-3H3,(H,28,33)/t19-,20-,21-,22-,23-,25-/m0/s1. The zero-order valence-electron chi connectivity index (χ0n) is 22.0. The molecule has 5 N–H and O–H groups in total. The predicted molar refractivity (Wildman–Crippen MR) is 141 cm³/mol. The number of aryl methyl sites for hydroxylation is 1. The lowest BCUT2D eigenvalue weighted by molar-refractivity contribution is -0.175. The molecule has 1 aliphatic carbocycles. The summed E-state index contributed by atoms with van der Waals surface area (Å²) in [4.78, 5) is 31.1. The SMILES string of the molecule is CC(C)(C)C(=O)ON[C@@H](CCc1ccccc1)C(=O)N[C@H]1[C@H](O)[C@@H](O)[C@H](CO)O[C@H]1SC1CCCCC1. The zero-order valence-corrected chi connectivity index (χ0v) is 22.8. The van der Waals surface area contributed by atoms with Gasteiger partial charge in [0.2, 0.25) is 5.91 Å². The van der Waals surface area contributed by atoms with Crippen LogP contribution in [0, 0.1) is 5.41 Å². The molecule has 10 heteroatoms. The van der Waals surface area contributed by atoms with Gasteiger partial charge in [0.05, 0.1) is 18.1 Å². The van der Waals surface area contributed by atoms with E-state index in [4.69, 9.17) is 9.57 Å². The molecule has 0 spiro atoms. The zero-order chi connectivity index (χ0) is 27.0. The Balaban J connectivity index is 1.74. The molecule has 0 aromatic heterocycles. The monoisotopic (exact) mass is 538 g/mol. The van der Waals surface area contributed by atoms with E-state index in [2.05, 4.69) is 10.8 Å². The third kappa shape index (κ3) is 8.66. The van der Waals surface area contributed by atoms with Crippen LogP contribution in [0.25, 0.3) is 0 Å². The minimum atomic E-state index is -1.35. The van der Waals surface area contributed by atoms with Gasteiger partial charge in [-0.1, -0.05) is 49.6 Å². The normalized spacial score (nSPS) is 27.9. The Kier molecular flexibility index (Phi) is 11.2. The number of nitrogens with one attached hydrogen (secondary N) is 2. The van der Waals surface area contributed by atoms with Crippen LogP contribution in [0.1, 0.15) is 64.9 Å². The van der Waals surface area contributed by atoms with Crippen molar-refractivity contribution in [1.29, 1.82) is 0 Å².